The Labute approximate surface area is 150 Å². The van der Waals surface area contributed by atoms with E-state index in [0.29, 0.717) is 30.6 Å². The molecule has 6 heteroatoms. The summed E-state index contributed by atoms with van der Waals surface area (Å²) in [5, 5.41) is 7.14. The van der Waals surface area contributed by atoms with Gasteiger partial charge in [-0.15, -0.1) is 0 Å². The second-order valence-electron chi connectivity index (χ2n) is 5.25. The van der Waals surface area contributed by atoms with Crippen molar-refractivity contribution in [2.45, 2.75) is 12.3 Å². The Kier molecular flexibility index (Phi) is 7.79. The van der Waals surface area contributed by atoms with Crippen molar-refractivity contribution in [3.63, 3.8) is 0 Å². The van der Waals surface area contributed by atoms with Crippen LogP contribution in [0.2, 0.25) is 5.02 Å². The molecule has 0 aliphatic rings. The summed E-state index contributed by atoms with van der Waals surface area (Å²) in [5.74, 6) is 1.86. The van der Waals surface area contributed by atoms with Gasteiger partial charge in [0.1, 0.15) is 0 Å². The van der Waals surface area contributed by atoms with Gasteiger partial charge in [0.25, 0.3) is 0 Å². The molecule has 2 rings (SSSR count). The van der Waals surface area contributed by atoms with E-state index in [4.69, 9.17) is 11.6 Å². The largest absolute Gasteiger partial charge is 0.355 e. The number of hydrogen-bond donors (Lipinski definition) is 2. The zero-order valence-corrected chi connectivity index (χ0v) is 15.2. The molecule has 1 unspecified atom stereocenters. The normalized spacial score (nSPS) is 12.7. The minimum atomic E-state index is -0.892. The fourth-order valence-corrected chi connectivity index (χ4v) is 3.29. The van der Waals surface area contributed by atoms with Crippen molar-refractivity contribution in [2.75, 3.05) is 19.3 Å². The first-order chi connectivity index (χ1) is 11.7. The summed E-state index contributed by atoms with van der Waals surface area (Å²) in [5.41, 5.74) is 2.22. The predicted octanol–water partition coefficient (Wildman–Crippen LogP) is 2.95. The standard InChI is InChI=1S/C18H22ClN3OS/c1-20-18(22-13-15-7-9-17(19)10-8-15)21-11-12-24(23)14-16-5-3-2-4-6-16/h2-10H,11-14H2,1H3,(H2,20,21,22). The lowest BCUT2D eigenvalue weighted by molar-refractivity contribution is 0.680. The van der Waals surface area contributed by atoms with Crippen molar-refractivity contribution in [1.82, 2.24) is 10.6 Å². The van der Waals surface area contributed by atoms with Crippen LogP contribution in [0.4, 0.5) is 0 Å². The summed E-state index contributed by atoms with van der Waals surface area (Å²) in [4.78, 5) is 4.17. The van der Waals surface area contributed by atoms with Gasteiger partial charge in [-0.1, -0.05) is 54.1 Å². The number of aliphatic imine (C=N–C) groups is 1. The van der Waals surface area contributed by atoms with Crippen molar-refractivity contribution >= 4 is 28.4 Å². The lowest BCUT2D eigenvalue weighted by Gasteiger charge is -2.12. The van der Waals surface area contributed by atoms with Gasteiger partial charge in [0.05, 0.1) is 0 Å². The van der Waals surface area contributed by atoms with Crippen molar-refractivity contribution in [3.05, 3.63) is 70.7 Å². The van der Waals surface area contributed by atoms with E-state index in [1.165, 1.54) is 0 Å². The van der Waals surface area contributed by atoms with Crippen LogP contribution in [-0.2, 0) is 23.1 Å². The number of rotatable bonds is 7. The fourth-order valence-electron chi connectivity index (χ4n) is 2.12. The maximum atomic E-state index is 12.1. The first kappa shape index (κ1) is 18.5. The third-order valence-corrected chi connectivity index (χ3v) is 4.96. The number of halogens is 1. The molecule has 0 radical (unpaired) electrons. The average Bonchev–Trinajstić information content (AvgIpc) is 2.60. The van der Waals surface area contributed by atoms with Crippen LogP contribution < -0.4 is 10.6 Å². The third-order valence-electron chi connectivity index (χ3n) is 3.39. The monoisotopic (exact) mass is 363 g/mol. The van der Waals surface area contributed by atoms with E-state index in [2.05, 4.69) is 15.6 Å². The summed E-state index contributed by atoms with van der Waals surface area (Å²) in [6.07, 6.45) is 0. The lowest BCUT2D eigenvalue weighted by Crippen LogP contribution is -2.38. The number of hydrogen-bond acceptors (Lipinski definition) is 2. The molecule has 0 bridgehead atoms. The van der Waals surface area contributed by atoms with Gasteiger partial charge in [0.15, 0.2) is 5.96 Å². The van der Waals surface area contributed by atoms with Crippen molar-refractivity contribution < 1.29 is 4.21 Å². The van der Waals surface area contributed by atoms with Crippen molar-refractivity contribution in [3.8, 4) is 0 Å². The molecule has 24 heavy (non-hydrogen) atoms. The summed E-state index contributed by atoms with van der Waals surface area (Å²) in [6, 6.07) is 17.6. The van der Waals surface area contributed by atoms with Gasteiger partial charge >= 0.3 is 0 Å². The maximum Gasteiger partial charge on any atom is 0.191 e. The van der Waals surface area contributed by atoms with E-state index in [1.807, 2.05) is 54.6 Å². The highest BCUT2D eigenvalue weighted by atomic mass is 35.5. The van der Waals surface area contributed by atoms with Crippen LogP contribution in [-0.4, -0.2) is 29.5 Å². The topological polar surface area (TPSA) is 53.5 Å². The number of nitrogens with one attached hydrogen (secondary N) is 2. The van der Waals surface area contributed by atoms with Gasteiger partial charge in [-0.3, -0.25) is 9.20 Å². The van der Waals surface area contributed by atoms with Crippen LogP contribution in [0.3, 0.4) is 0 Å². The molecule has 128 valence electrons. The summed E-state index contributed by atoms with van der Waals surface area (Å²) in [6.45, 7) is 1.27. The highest BCUT2D eigenvalue weighted by Crippen LogP contribution is 2.09. The molecule has 2 aromatic carbocycles. The Morgan fingerprint density at radius 3 is 2.42 bits per heavy atom. The van der Waals surface area contributed by atoms with Gasteiger partial charge in [-0.05, 0) is 23.3 Å². The van der Waals surface area contributed by atoms with Crippen LogP contribution in [0.1, 0.15) is 11.1 Å². The molecule has 0 spiro atoms. The van der Waals surface area contributed by atoms with Crippen LogP contribution in [0.15, 0.2) is 59.6 Å². The van der Waals surface area contributed by atoms with Gasteiger partial charge in [-0.25, -0.2) is 0 Å². The highest BCUT2D eigenvalue weighted by Gasteiger charge is 2.03. The molecule has 2 N–H and O–H groups in total. The van der Waals surface area contributed by atoms with E-state index in [0.717, 1.165) is 16.1 Å². The first-order valence-electron chi connectivity index (χ1n) is 7.75. The zero-order chi connectivity index (χ0) is 17.2. The SMILES string of the molecule is CN=C(NCCS(=O)Cc1ccccc1)NCc1ccc(Cl)cc1. The summed E-state index contributed by atoms with van der Waals surface area (Å²) in [7, 11) is 0.828. The molecule has 0 aromatic heterocycles. The molecular weight excluding hydrogens is 342 g/mol. The van der Waals surface area contributed by atoms with Crippen LogP contribution in [0, 0.1) is 0 Å². The molecule has 0 saturated carbocycles. The first-order valence-corrected chi connectivity index (χ1v) is 9.62. The molecular formula is C18H22ClN3OS. The summed E-state index contributed by atoms with van der Waals surface area (Å²) < 4.78 is 12.1. The lowest BCUT2D eigenvalue weighted by atomic mass is 10.2. The van der Waals surface area contributed by atoms with Crippen molar-refractivity contribution in [1.29, 1.82) is 0 Å². The smallest absolute Gasteiger partial charge is 0.191 e. The van der Waals surface area contributed by atoms with Crippen molar-refractivity contribution in [2.24, 2.45) is 4.99 Å². The molecule has 1 atom stereocenters. The van der Waals surface area contributed by atoms with Crippen LogP contribution in [0.5, 0.6) is 0 Å². The fraction of sp³-hybridized carbons (Fsp3) is 0.278. The van der Waals surface area contributed by atoms with Gasteiger partial charge in [-0.2, -0.15) is 0 Å². The Hall–Kier alpha value is -1.85. The second-order valence-corrected chi connectivity index (χ2v) is 7.27. The number of benzene rings is 2. The number of nitrogens with zero attached hydrogens (tertiary/aromatic N) is 1. The molecule has 4 nitrogen and oxygen atoms in total. The third kappa shape index (κ3) is 6.72. The quantitative estimate of drug-likeness (QED) is 0.587. The molecule has 0 aliphatic heterocycles. The van der Waals surface area contributed by atoms with E-state index in [1.54, 1.807) is 7.05 Å². The Morgan fingerprint density at radius 2 is 1.75 bits per heavy atom. The molecule has 0 heterocycles. The average molecular weight is 364 g/mol. The molecule has 0 aliphatic carbocycles. The van der Waals surface area contributed by atoms with Crippen LogP contribution >= 0.6 is 11.6 Å². The van der Waals surface area contributed by atoms with Crippen LogP contribution in [0.25, 0.3) is 0 Å². The van der Waals surface area contributed by atoms with Gasteiger partial charge in [0, 0.05) is 47.5 Å². The number of guanidine groups is 1. The summed E-state index contributed by atoms with van der Waals surface area (Å²) >= 11 is 5.87. The predicted molar refractivity (Wildman–Crippen MR) is 103 cm³/mol. The minimum Gasteiger partial charge on any atom is -0.355 e. The maximum absolute atomic E-state index is 12.1. The van der Waals surface area contributed by atoms with E-state index >= 15 is 0 Å². The molecule has 0 saturated heterocycles. The van der Waals surface area contributed by atoms with E-state index < -0.39 is 10.8 Å². The van der Waals surface area contributed by atoms with Gasteiger partial charge in [0.2, 0.25) is 0 Å². The Morgan fingerprint density at radius 1 is 1.04 bits per heavy atom. The molecule has 2 aromatic rings. The highest BCUT2D eigenvalue weighted by molar-refractivity contribution is 7.84. The van der Waals surface area contributed by atoms with E-state index in [-0.39, 0.29) is 0 Å². The molecule has 0 amide bonds. The molecule has 0 fully saturated rings. The zero-order valence-electron chi connectivity index (χ0n) is 13.7. The Balaban J connectivity index is 1.69. The van der Waals surface area contributed by atoms with Gasteiger partial charge < -0.3 is 10.6 Å². The Bertz CT molecular complexity index is 674. The second kappa shape index (κ2) is 10.1. The minimum absolute atomic E-state index is 0.580. The van der Waals surface area contributed by atoms with E-state index in [9.17, 15) is 4.21 Å².